The average Bonchev–Trinajstić information content (AvgIpc) is 2.97. The summed E-state index contributed by atoms with van der Waals surface area (Å²) in [7, 11) is 4.73. The number of hydrogen-bond donors (Lipinski definition) is 0. The topological polar surface area (TPSA) is 72.0 Å². The summed E-state index contributed by atoms with van der Waals surface area (Å²) in [4.78, 5) is 31.0. The van der Waals surface area contributed by atoms with Crippen molar-refractivity contribution in [3.8, 4) is 0 Å². The van der Waals surface area contributed by atoms with Crippen LogP contribution in [0.15, 0.2) is 5.38 Å². The Morgan fingerprint density at radius 3 is 2.68 bits per heavy atom. The van der Waals surface area contributed by atoms with Gasteiger partial charge in [-0.2, -0.15) is 0 Å². The van der Waals surface area contributed by atoms with Gasteiger partial charge >= 0.3 is 12.0 Å². The van der Waals surface area contributed by atoms with Crippen molar-refractivity contribution in [1.82, 2.24) is 14.8 Å². The van der Waals surface area contributed by atoms with Gasteiger partial charge in [0.1, 0.15) is 5.01 Å². The molecule has 0 radical (unpaired) electrons. The van der Waals surface area contributed by atoms with E-state index in [0.717, 1.165) is 6.42 Å². The number of rotatable bonds is 8. The van der Waals surface area contributed by atoms with Gasteiger partial charge in [0.05, 0.1) is 13.7 Å². The van der Waals surface area contributed by atoms with Gasteiger partial charge in [-0.3, -0.25) is 0 Å². The second-order valence-electron chi connectivity index (χ2n) is 4.77. The molecule has 8 heteroatoms. The zero-order valence-electron chi connectivity index (χ0n) is 13.5. The molecule has 2 amide bonds. The minimum Gasteiger partial charge on any atom is -0.464 e. The van der Waals surface area contributed by atoms with E-state index in [1.165, 1.54) is 23.3 Å². The van der Waals surface area contributed by atoms with Crippen LogP contribution < -0.4 is 0 Å². The van der Waals surface area contributed by atoms with Gasteiger partial charge in [0.15, 0.2) is 5.69 Å². The van der Waals surface area contributed by atoms with Crippen molar-refractivity contribution in [2.45, 2.75) is 19.9 Å². The first kappa shape index (κ1) is 18.4. The van der Waals surface area contributed by atoms with E-state index < -0.39 is 5.97 Å². The summed E-state index contributed by atoms with van der Waals surface area (Å²) in [5, 5.41) is 2.34. The maximum atomic E-state index is 12.2. The summed E-state index contributed by atoms with van der Waals surface area (Å²) in [6.45, 7) is 4.15. The van der Waals surface area contributed by atoms with Crippen LogP contribution in [0.4, 0.5) is 4.79 Å². The maximum absolute atomic E-state index is 12.2. The van der Waals surface area contributed by atoms with E-state index in [9.17, 15) is 9.59 Å². The summed E-state index contributed by atoms with van der Waals surface area (Å²) in [5.41, 5.74) is 0.272. The molecule has 22 heavy (non-hydrogen) atoms. The van der Waals surface area contributed by atoms with Crippen LogP contribution in [0.3, 0.4) is 0 Å². The molecular formula is C14H23N3O4S. The van der Waals surface area contributed by atoms with Crippen LogP contribution in [0.25, 0.3) is 0 Å². The smallest absolute Gasteiger partial charge is 0.357 e. The van der Waals surface area contributed by atoms with Crippen LogP contribution in [0.5, 0.6) is 0 Å². The first-order chi connectivity index (χ1) is 10.5. The molecule has 0 aliphatic heterocycles. The lowest BCUT2D eigenvalue weighted by Crippen LogP contribution is -2.39. The van der Waals surface area contributed by atoms with Gasteiger partial charge < -0.3 is 19.3 Å². The number of aromatic nitrogens is 1. The van der Waals surface area contributed by atoms with Crippen molar-refractivity contribution < 1.29 is 19.1 Å². The normalized spacial score (nSPS) is 10.4. The molecule has 0 spiro atoms. The van der Waals surface area contributed by atoms with Gasteiger partial charge in [-0.15, -0.1) is 11.3 Å². The monoisotopic (exact) mass is 329 g/mol. The molecule has 0 atom stereocenters. The number of carbonyl (C=O) groups is 2. The average molecular weight is 329 g/mol. The largest absolute Gasteiger partial charge is 0.464 e. The number of ether oxygens (including phenoxy) is 2. The van der Waals surface area contributed by atoms with E-state index >= 15 is 0 Å². The highest BCUT2D eigenvalue weighted by Gasteiger charge is 2.18. The third-order valence-electron chi connectivity index (χ3n) is 2.85. The second-order valence-corrected chi connectivity index (χ2v) is 5.71. The highest BCUT2D eigenvalue weighted by molar-refractivity contribution is 7.09. The van der Waals surface area contributed by atoms with Gasteiger partial charge in [0.25, 0.3) is 0 Å². The van der Waals surface area contributed by atoms with Crippen molar-refractivity contribution in [2.75, 3.05) is 41.0 Å². The first-order valence-corrected chi connectivity index (χ1v) is 7.94. The fraction of sp³-hybridized carbons (Fsp3) is 0.643. The molecule has 0 saturated heterocycles. The standard InChI is InChI=1S/C14H23N3O4S/c1-5-21-8-6-7-17(14(19)16(2)3)9-12-15-11(10-22-12)13(18)20-4/h10H,5-9H2,1-4H3. The van der Waals surface area contributed by atoms with E-state index in [1.54, 1.807) is 24.4 Å². The maximum Gasteiger partial charge on any atom is 0.357 e. The van der Waals surface area contributed by atoms with E-state index in [2.05, 4.69) is 9.72 Å². The zero-order valence-corrected chi connectivity index (χ0v) is 14.3. The predicted molar refractivity (Wildman–Crippen MR) is 84.1 cm³/mol. The lowest BCUT2D eigenvalue weighted by atomic mass is 10.4. The van der Waals surface area contributed by atoms with E-state index in [0.29, 0.717) is 31.3 Å². The lowest BCUT2D eigenvalue weighted by molar-refractivity contribution is 0.0594. The molecule has 0 N–H and O–H groups in total. The highest BCUT2D eigenvalue weighted by atomic mass is 32.1. The number of hydrogen-bond acceptors (Lipinski definition) is 6. The Kier molecular flexibility index (Phi) is 7.83. The molecule has 124 valence electrons. The molecule has 0 unspecified atom stereocenters. The van der Waals surface area contributed by atoms with E-state index in [-0.39, 0.29) is 11.7 Å². The third kappa shape index (κ3) is 5.61. The number of amides is 2. The van der Waals surface area contributed by atoms with Gasteiger partial charge in [-0.25, -0.2) is 14.6 Å². The van der Waals surface area contributed by atoms with Gasteiger partial charge in [0.2, 0.25) is 0 Å². The van der Waals surface area contributed by atoms with Crippen LogP contribution >= 0.6 is 11.3 Å². The molecule has 0 bridgehead atoms. The Morgan fingerprint density at radius 1 is 1.36 bits per heavy atom. The fourth-order valence-electron chi connectivity index (χ4n) is 1.77. The molecule has 0 saturated carbocycles. The summed E-state index contributed by atoms with van der Waals surface area (Å²) >= 11 is 1.34. The van der Waals surface area contributed by atoms with Gasteiger partial charge in [-0.1, -0.05) is 0 Å². The van der Waals surface area contributed by atoms with E-state index in [1.807, 2.05) is 6.92 Å². The van der Waals surface area contributed by atoms with Crippen molar-refractivity contribution in [2.24, 2.45) is 0 Å². The molecule has 0 fully saturated rings. The van der Waals surface area contributed by atoms with Crippen molar-refractivity contribution in [3.05, 3.63) is 16.1 Å². The molecule has 7 nitrogen and oxygen atoms in total. The summed E-state index contributed by atoms with van der Waals surface area (Å²) < 4.78 is 9.93. The van der Waals surface area contributed by atoms with Crippen LogP contribution in [-0.4, -0.2) is 67.7 Å². The minimum atomic E-state index is -0.468. The van der Waals surface area contributed by atoms with Crippen molar-refractivity contribution >= 4 is 23.3 Å². The fourth-order valence-corrected chi connectivity index (χ4v) is 2.55. The first-order valence-electron chi connectivity index (χ1n) is 7.06. The summed E-state index contributed by atoms with van der Waals surface area (Å²) in [6, 6.07) is -0.0914. The zero-order chi connectivity index (χ0) is 16.5. The third-order valence-corrected chi connectivity index (χ3v) is 3.68. The predicted octanol–water partition coefficient (Wildman–Crippen LogP) is 1.84. The van der Waals surface area contributed by atoms with Crippen LogP contribution in [0.2, 0.25) is 0 Å². The van der Waals surface area contributed by atoms with Gasteiger partial charge in [0, 0.05) is 39.2 Å². The van der Waals surface area contributed by atoms with Crippen LogP contribution in [0.1, 0.15) is 28.8 Å². The molecule has 1 rings (SSSR count). The number of thiazole rings is 1. The Hall–Kier alpha value is -1.67. The number of methoxy groups -OCH3 is 1. The molecule has 1 aromatic heterocycles. The molecule has 0 aliphatic rings. The minimum absolute atomic E-state index is 0.0914. The highest BCUT2D eigenvalue weighted by Crippen LogP contribution is 2.14. The van der Waals surface area contributed by atoms with Crippen molar-refractivity contribution in [3.63, 3.8) is 0 Å². The molecule has 0 aliphatic carbocycles. The van der Waals surface area contributed by atoms with Crippen molar-refractivity contribution in [1.29, 1.82) is 0 Å². The number of nitrogens with zero attached hydrogens (tertiary/aromatic N) is 3. The second kappa shape index (κ2) is 9.37. The lowest BCUT2D eigenvalue weighted by Gasteiger charge is -2.25. The molecule has 0 aromatic carbocycles. The number of esters is 1. The Morgan fingerprint density at radius 2 is 2.09 bits per heavy atom. The van der Waals surface area contributed by atoms with Gasteiger partial charge in [-0.05, 0) is 13.3 Å². The van der Waals surface area contributed by atoms with E-state index in [4.69, 9.17) is 4.74 Å². The SMILES string of the molecule is CCOCCCN(Cc1nc(C(=O)OC)cs1)C(=O)N(C)C. The Bertz CT molecular complexity index is 490. The number of urea groups is 1. The van der Waals surface area contributed by atoms with Crippen LogP contribution in [0, 0.1) is 0 Å². The molecule has 1 aromatic rings. The quantitative estimate of drug-likeness (QED) is 0.537. The van der Waals surface area contributed by atoms with Crippen LogP contribution in [-0.2, 0) is 16.0 Å². The Labute approximate surface area is 134 Å². The molecule has 1 heterocycles. The summed E-state index contributed by atoms with van der Waals surface area (Å²) in [5.74, 6) is -0.468. The molecular weight excluding hydrogens is 306 g/mol. The number of carbonyl (C=O) groups excluding carboxylic acids is 2. The summed E-state index contributed by atoms with van der Waals surface area (Å²) in [6.07, 6.45) is 0.753. The Balaban J connectivity index is 2.68.